The summed E-state index contributed by atoms with van der Waals surface area (Å²) in [7, 11) is 0. The monoisotopic (exact) mass is 339 g/mol. The van der Waals surface area contributed by atoms with E-state index in [-0.39, 0.29) is 0 Å². The first kappa shape index (κ1) is 13.9. The molecule has 0 amide bonds. The van der Waals surface area contributed by atoms with Crippen LogP contribution in [-0.2, 0) is 0 Å². The summed E-state index contributed by atoms with van der Waals surface area (Å²) >= 11 is 9.42. The number of carboxylic acids is 1. The fourth-order valence-corrected chi connectivity index (χ4v) is 2.28. The lowest BCUT2D eigenvalue weighted by atomic mass is 10.1. The minimum absolute atomic E-state index is 0.302. The molecule has 0 aromatic heterocycles. The molecule has 0 unspecified atom stereocenters. The Morgan fingerprint density at radius 2 is 2.05 bits per heavy atom. The van der Waals surface area contributed by atoms with Gasteiger partial charge < -0.3 is 10.4 Å². The normalized spacial score (nSPS) is 10.3. The Kier molecular flexibility index (Phi) is 4.12. The van der Waals surface area contributed by atoms with Gasteiger partial charge >= 0.3 is 5.97 Å². The molecule has 0 radical (unpaired) electrons. The Morgan fingerprint density at radius 1 is 1.32 bits per heavy atom. The topological polar surface area (TPSA) is 49.3 Å². The third-order valence-electron chi connectivity index (χ3n) is 2.69. The molecule has 2 aromatic rings. The number of halogens is 2. The van der Waals surface area contributed by atoms with Gasteiger partial charge in [-0.3, -0.25) is 0 Å². The van der Waals surface area contributed by atoms with E-state index in [4.69, 9.17) is 16.7 Å². The summed E-state index contributed by atoms with van der Waals surface area (Å²) < 4.78 is 0.775. The number of nitrogens with one attached hydrogen (secondary N) is 1. The molecule has 0 bridgehead atoms. The highest BCUT2D eigenvalue weighted by molar-refractivity contribution is 9.10. The predicted molar refractivity (Wildman–Crippen MR) is 80.6 cm³/mol. The van der Waals surface area contributed by atoms with Crippen molar-refractivity contribution in [2.24, 2.45) is 0 Å². The first-order chi connectivity index (χ1) is 8.99. The first-order valence-electron chi connectivity index (χ1n) is 5.54. The summed E-state index contributed by atoms with van der Waals surface area (Å²) in [5.74, 6) is -0.923. The first-order valence-corrected chi connectivity index (χ1v) is 6.71. The summed E-state index contributed by atoms with van der Waals surface area (Å²) in [4.78, 5) is 10.9. The van der Waals surface area contributed by atoms with E-state index in [2.05, 4.69) is 21.2 Å². The maximum Gasteiger partial charge on any atom is 0.335 e. The molecule has 19 heavy (non-hydrogen) atoms. The molecule has 2 aromatic carbocycles. The fraction of sp³-hybridized carbons (Fsp3) is 0.0714. The smallest absolute Gasteiger partial charge is 0.335 e. The van der Waals surface area contributed by atoms with E-state index in [0.29, 0.717) is 16.1 Å². The second-order valence-electron chi connectivity index (χ2n) is 4.06. The maximum atomic E-state index is 10.9. The Morgan fingerprint density at radius 3 is 2.68 bits per heavy atom. The second-order valence-corrected chi connectivity index (χ2v) is 5.26. The predicted octanol–water partition coefficient (Wildman–Crippen LogP) is 4.85. The van der Waals surface area contributed by atoms with E-state index < -0.39 is 5.97 Å². The Bertz CT molecular complexity index is 643. The van der Waals surface area contributed by atoms with Gasteiger partial charge in [-0.2, -0.15) is 0 Å². The summed E-state index contributed by atoms with van der Waals surface area (Å²) in [5.41, 5.74) is 2.65. The van der Waals surface area contributed by atoms with Crippen LogP contribution in [0.1, 0.15) is 15.9 Å². The van der Waals surface area contributed by atoms with Gasteiger partial charge in [0, 0.05) is 5.69 Å². The summed E-state index contributed by atoms with van der Waals surface area (Å²) in [6.45, 7) is 1.77. The molecule has 2 N–H and O–H groups in total. The third-order valence-corrected chi connectivity index (χ3v) is 4.08. The molecule has 0 saturated heterocycles. The van der Waals surface area contributed by atoms with Gasteiger partial charge in [-0.25, -0.2) is 4.79 Å². The van der Waals surface area contributed by atoms with Crippen molar-refractivity contribution >= 4 is 44.9 Å². The highest BCUT2D eigenvalue weighted by atomic mass is 79.9. The standard InChI is InChI=1S/C14H11BrClNO2/c1-8-7-9(5-6-10(8)14(18)19)17-12-4-2-3-11(16)13(12)15/h2-7,17H,1H3,(H,18,19). The van der Waals surface area contributed by atoms with Gasteiger partial charge in [0.05, 0.1) is 20.7 Å². The van der Waals surface area contributed by atoms with E-state index in [1.165, 1.54) is 0 Å². The SMILES string of the molecule is Cc1cc(Nc2cccc(Cl)c2Br)ccc1C(=O)O. The molecule has 2 rings (SSSR count). The molecular formula is C14H11BrClNO2. The molecule has 0 heterocycles. The van der Waals surface area contributed by atoms with Crippen LogP contribution in [0.25, 0.3) is 0 Å². The van der Waals surface area contributed by atoms with Crippen LogP contribution in [0.3, 0.4) is 0 Å². The number of benzene rings is 2. The zero-order valence-corrected chi connectivity index (χ0v) is 12.4. The van der Waals surface area contributed by atoms with Crippen molar-refractivity contribution in [2.45, 2.75) is 6.92 Å². The summed E-state index contributed by atoms with van der Waals surface area (Å²) in [6.07, 6.45) is 0. The molecule has 0 atom stereocenters. The highest BCUT2D eigenvalue weighted by Crippen LogP contribution is 2.32. The van der Waals surface area contributed by atoms with Crippen LogP contribution in [0.5, 0.6) is 0 Å². The third kappa shape index (κ3) is 3.08. The molecule has 98 valence electrons. The molecule has 3 nitrogen and oxygen atoms in total. The van der Waals surface area contributed by atoms with Crippen molar-refractivity contribution < 1.29 is 9.90 Å². The zero-order chi connectivity index (χ0) is 14.0. The van der Waals surface area contributed by atoms with E-state index in [0.717, 1.165) is 15.8 Å². The van der Waals surface area contributed by atoms with Gasteiger partial charge in [0.1, 0.15) is 0 Å². The molecular weight excluding hydrogens is 330 g/mol. The fourth-order valence-electron chi connectivity index (χ4n) is 1.74. The van der Waals surface area contributed by atoms with Gasteiger partial charge in [-0.1, -0.05) is 17.7 Å². The number of rotatable bonds is 3. The van der Waals surface area contributed by atoms with E-state index in [9.17, 15) is 4.79 Å². The van der Waals surface area contributed by atoms with Crippen molar-refractivity contribution in [1.29, 1.82) is 0 Å². The van der Waals surface area contributed by atoms with Gasteiger partial charge in [-0.15, -0.1) is 0 Å². The zero-order valence-electron chi connectivity index (χ0n) is 10.1. The second kappa shape index (κ2) is 5.63. The molecule has 0 spiro atoms. The largest absolute Gasteiger partial charge is 0.478 e. The van der Waals surface area contributed by atoms with E-state index in [1.807, 2.05) is 12.1 Å². The molecule has 0 aliphatic carbocycles. The Labute approximate surface area is 124 Å². The summed E-state index contributed by atoms with van der Waals surface area (Å²) in [5, 5.41) is 12.8. The van der Waals surface area contributed by atoms with Crippen molar-refractivity contribution in [2.75, 3.05) is 5.32 Å². The average molecular weight is 341 g/mol. The van der Waals surface area contributed by atoms with Crippen LogP contribution in [-0.4, -0.2) is 11.1 Å². The van der Waals surface area contributed by atoms with E-state index >= 15 is 0 Å². The lowest BCUT2D eigenvalue weighted by Crippen LogP contribution is -2.00. The average Bonchev–Trinajstić information content (AvgIpc) is 2.34. The number of carboxylic acid groups (broad SMARTS) is 1. The molecule has 0 aliphatic rings. The minimum atomic E-state index is -0.923. The molecule has 0 fully saturated rings. The van der Waals surface area contributed by atoms with E-state index in [1.54, 1.807) is 31.2 Å². The number of hydrogen-bond donors (Lipinski definition) is 2. The Balaban J connectivity index is 2.32. The van der Waals surface area contributed by atoms with Crippen molar-refractivity contribution in [3.63, 3.8) is 0 Å². The quantitative estimate of drug-likeness (QED) is 0.839. The van der Waals surface area contributed by atoms with Crippen molar-refractivity contribution in [1.82, 2.24) is 0 Å². The lowest BCUT2D eigenvalue weighted by molar-refractivity contribution is 0.0696. The lowest BCUT2D eigenvalue weighted by Gasteiger charge is -2.11. The number of aryl methyl sites for hydroxylation is 1. The molecule has 0 aliphatic heterocycles. The van der Waals surface area contributed by atoms with Crippen molar-refractivity contribution in [3.8, 4) is 0 Å². The number of hydrogen-bond acceptors (Lipinski definition) is 2. The molecule has 5 heteroatoms. The Hall–Kier alpha value is -1.52. The van der Waals surface area contributed by atoms with Crippen LogP contribution < -0.4 is 5.32 Å². The minimum Gasteiger partial charge on any atom is -0.478 e. The van der Waals surface area contributed by atoms with Crippen LogP contribution in [0, 0.1) is 6.92 Å². The maximum absolute atomic E-state index is 10.9. The number of aromatic carboxylic acids is 1. The van der Waals surface area contributed by atoms with Gasteiger partial charge in [0.25, 0.3) is 0 Å². The van der Waals surface area contributed by atoms with Crippen LogP contribution in [0.2, 0.25) is 5.02 Å². The van der Waals surface area contributed by atoms with Gasteiger partial charge in [-0.05, 0) is 58.7 Å². The van der Waals surface area contributed by atoms with Gasteiger partial charge in [0.2, 0.25) is 0 Å². The summed E-state index contributed by atoms with van der Waals surface area (Å²) in [6, 6.07) is 10.6. The molecule has 0 saturated carbocycles. The van der Waals surface area contributed by atoms with Crippen LogP contribution >= 0.6 is 27.5 Å². The van der Waals surface area contributed by atoms with Gasteiger partial charge in [0.15, 0.2) is 0 Å². The van der Waals surface area contributed by atoms with Crippen molar-refractivity contribution in [3.05, 3.63) is 57.0 Å². The highest BCUT2D eigenvalue weighted by Gasteiger charge is 2.08. The number of anilines is 2. The van der Waals surface area contributed by atoms with Crippen LogP contribution in [0.4, 0.5) is 11.4 Å². The van der Waals surface area contributed by atoms with Crippen LogP contribution in [0.15, 0.2) is 40.9 Å². The number of carbonyl (C=O) groups is 1.